The van der Waals surface area contributed by atoms with Crippen LogP contribution in [0.5, 0.6) is 6.01 Å². The van der Waals surface area contributed by atoms with Gasteiger partial charge in [-0.1, -0.05) is 56.1 Å². The second kappa shape index (κ2) is 16.2. The number of anilines is 1. The molecule has 0 saturated carbocycles. The standard InChI is InChI=1S/C29H40ClN7O2.C8H14FN/c1-6-11-19-12-8-9-13-20(19)24-16-22-21(17-36(24)7-2)27(34-29(33-22)39-5)37-15-10-14-32-23(18-37)25(30)26(31)28(38)35(3)4;1-8-3-2-4-10(8)6-7(9)5-8/h8-9,12-13,24H,6-7,10-11,14-18,31H2,1-5H3;7H,2-6H2,1H3/b26-25+;. The van der Waals surface area contributed by atoms with Crippen molar-refractivity contribution in [1.82, 2.24) is 24.7 Å². The largest absolute Gasteiger partial charge is 0.467 e. The normalized spacial score (nSPS) is 24.6. The minimum absolute atomic E-state index is 0.00434. The fourth-order valence-corrected chi connectivity index (χ4v) is 8.00. The fourth-order valence-electron chi connectivity index (χ4n) is 7.80. The number of amides is 1. The number of aliphatic imine (C=N–C) groups is 1. The van der Waals surface area contributed by atoms with Gasteiger partial charge in [-0.3, -0.25) is 19.6 Å². The number of likely N-dealkylation sites (N-methyl/N-ethyl adjacent to an activating group) is 2. The first-order valence-corrected chi connectivity index (χ1v) is 18.2. The van der Waals surface area contributed by atoms with Crippen molar-refractivity contribution in [3.8, 4) is 6.01 Å². The van der Waals surface area contributed by atoms with Crippen LogP contribution in [-0.2, 0) is 24.2 Å². The zero-order valence-corrected chi connectivity index (χ0v) is 30.9. The van der Waals surface area contributed by atoms with E-state index in [1.807, 2.05) is 0 Å². The third-order valence-electron chi connectivity index (χ3n) is 10.4. The molecular weight excluding hydrogens is 643 g/mol. The monoisotopic (exact) mass is 696 g/mol. The van der Waals surface area contributed by atoms with Crippen LogP contribution in [-0.4, -0.2) is 108 Å². The molecule has 12 heteroatoms. The maximum atomic E-state index is 12.8. The van der Waals surface area contributed by atoms with Crippen molar-refractivity contribution in [1.29, 1.82) is 0 Å². The Morgan fingerprint density at radius 1 is 1.16 bits per heavy atom. The number of carbonyl (C=O) groups excluding carboxylic acids is 1. The van der Waals surface area contributed by atoms with E-state index in [4.69, 9.17) is 32.0 Å². The highest BCUT2D eigenvalue weighted by molar-refractivity contribution is 6.45. The molecule has 49 heavy (non-hydrogen) atoms. The van der Waals surface area contributed by atoms with Crippen molar-refractivity contribution < 1.29 is 13.9 Å². The van der Waals surface area contributed by atoms with Crippen LogP contribution in [0.25, 0.3) is 0 Å². The highest BCUT2D eigenvalue weighted by Crippen LogP contribution is 2.40. The van der Waals surface area contributed by atoms with Gasteiger partial charge >= 0.3 is 6.01 Å². The van der Waals surface area contributed by atoms with Crippen LogP contribution in [0.1, 0.15) is 81.3 Å². The van der Waals surface area contributed by atoms with E-state index in [1.54, 1.807) is 21.2 Å². The molecule has 2 fully saturated rings. The number of hydrogen-bond acceptors (Lipinski definition) is 9. The lowest BCUT2D eigenvalue weighted by Gasteiger charge is -2.38. The van der Waals surface area contributed by atoms with Gasteiger partial charge in [0, 0.05) is 63.8 Å². The van der Waals surface area contributed by atoms with E-state index in [2.05, 4.69) is 64.7 Å². The molecule has 2 aromatic rings. The van der Waals surface area contributed by atoms with Crippen molar-refractivity contribution in [3.05, 3.63) is 57.4 Å². The van der Waals surface area contributed by atoms with Gasteiger partial charge in [0.05, 0.1) is 30.1 Å². The zero-order chi connectivity index (χ0) is 35.3. The number of alkyl halides is 1. The minimum atomic E-state index is -0.551. The molecule has 0 spiro atoms. The minimum Gasteiger partial charge on any atom is -0.467 e. The molecule has 5 heterocycles. The molecule has 268 valence electrons. The number of halogens is 2. The highest BCUT2D eigenvalue weighted by atomic mass is 35.5. The summed E-state index contributed by atoms with van der Waals surface area (Å²) in [5.41, 5.74) is 11.8. The maximum Gasteiger partial charge on any atom is 0.318 e. The third kappa shape index (κ3) is 8.21. The molecule has 3 atom stereocenters. The SMILES string of the molecule is CC12CCCN1CC(F)C2.CCCc1ccccc1C1Cc2nc(OC)nc(N3CCCN=C(/C(Cl)=C(\N)C(=O)N(C)C)C3)c2CN1CC. The van der Waals surface area contributed by atoms with Crippen LogP contribution in [0.3, 0.4) is 0 Å². The van der Waals surface area contributed by atoms with E-state index in [-0.39, 0.29) is 28.2 Å². The molecular formula is C37H54ClFN8O2. The van der Waals surface area contributed by atoms with Gasteiger partial charge in [0.1, 0.15) is 17.7 Å². The lowest BCUT2D eigenvalue weighted by atomic mass is 9.89. The number of nitrogens with zero attached hydrogens (tertiary/aromatic N) is 7. The number of nitrogens with two attached hydrogens (primary N) is 1. The molecule has 1 aromatic heterocycles. The van der Waals surface area contributed by atoms with E-state index < -0.39 is 6.17 Å². The van der Waals surface area contributed by atoms with E-state index >= 15 is 0 Å². The average molecular weight is 697 g/mol. The van der Waals surface area contributed by atoms with Gasteiger partial charge < -0.3 is 20.3 Å². The summed E-state index contributed by atoms with van der Waals surface area (Å²) in [5, 5.41) is 0.193. The van der Waals surface area contributed by atoms with Crippen molar-refractivity contribution >= 4 is 29.0 Å². The van der Waals surface area contributed by atoms with Gasteiger partial charge in [-0.2, -0.15) is 9.97 Å². The topological polar surface area (TPSA) is 103 Å². The first-order chi connectivity index (χ1) is 23.5. The van der Waals surface area contributed by atoms with Crippen LogP contribution < -0.4 is 15.4 Å². The fraction of sp³-hybridized carbons (Fsp3) is 0.622. The van der Waals surface area contributed by atoms with Gasteiger partial charge in [0.15, 0.2) is 0 Å². The van der Waals surface area contributed by atoms with Gasteiger partial charge in [0.2, 0.25) is 0 Å². The smallest absolute Gasteiger partial charge is 0.318 e. The van der Waals surface area contributed by atoms with Crippen molar-refractivity contribution in [2.45, 2.75) is 90.0 Å². The summed E-state index contributed by atoms with van der Waals surface area (Å²) in [5.74, 6) is 0.486. The molecule has 1 amide bonds. The quantitative estimate of drug-likeness (QED) is 0.372. The van der Waals surface area contributed by atoms with Gasteiger partial charge in [-0.05, 0) is 63.2 Å². The highest BCUT2D eigenvalue weighted by Gasteiger charge is 2.44. The number of aryl methyl sites for hydroxylation is 1. The lowest BCUT2D eigenvalue weighted by molar-refractivity contribution is -0.124. The molecule has 4 aliphatic rings. The second-order valence-corrected chi connectivity index (χ2v) is 14.4. The van der Waals surface area contributed by atoms with Gasteiger partial charge in [0.25, 0.3) is 5.91 Å². The van der Waals surface area contributed by atoms with Crippen LogP contribution in [0.2, 0.25) is 0 Å². The summed E-state index contributed by atoms with van der Waals surface area (Å²) in [6.07, 6.45) is 6.44. The summed E-state index contributed by atoms with van der Waals surface area (Å²) >= 11 is 6.63. The Labute approximate surface area is 296 Å². The number of methoxy groups -OCH3 is 1. The van der Waals surface area contributed by atoms with Crippen LogP contribution in [0.4, 0.5) is 10.2 Å². The Morgan fingerprint density at radius 2 is 1.94 bits per heavy atom. The summed E-state index contributed by atoms with van der Waals surface area (Å²) in [4.78, 5) is 35.2. The summed E-state index contributed by atoms with van der Waals surface area (Å²) in [7, 11) is 4.89. The number of benzene rings is 1. The Balaban J connectivity index is 0.000000396. The van der Waals surface area contributed by atoms with Crippen molar-refractivity contribution in [2.75, 3.05) is 65.4 Å². The Hall–Kier alpha value is -3.28. The number of ether oxygens (including phenoxy) is 1. The first-order valence-electron chi connectivity index (χ1n) is 17.8. The first kappa shape index (κ1) is 37.0. The zero-order valence-electron chi connectivity index (χ0n) is 30.1. The molecule has 2 saturated heterocycles. The van der Waals surface area contributed by atoms with Crippen molar-refractivity contribution in [3.63, 3.8) is 0 Å². The Kier molecular flexibility index (Phi) is 12.2. The molecule has 1 aromatic carbocycles. The maximum absolute atomic E-state index is 12.8. The van der Waals surface area contributed by atoms with Gasteiger partial charge in [-0.15, -0.1) is 0 Å². The number of aromatic nitrogens is 2. The molecule has 10 nitrogen and oxygen atoms in total. The van der Waals surface area contributed by atoms with Crippen LogP contribution in [0.15, 0.2) is 40.0 Å². The Bertz CT molecular complexity index is 1550. The summed E-state index contributed by atoms with van der Waals surface area (Å²) in [6.45, 7) is 11.8. The molecule has 0 aliphatic carbocycles. The van der Waals surface area contributed by atoms with Crippen LogP contribution in [0, 0.1) is 0 Å². The Morgan fingerprint density at radius 3 is 2.63 bits per heavy atom. The predicted molar refractivity (Wildman–Crippen MR) is 195 cm³/mol. The third-order valence-corrected chi connectivity index (χ3v) is 10.8. The number of fused-ring (bicyclic) bond motifs is 2. The molecule has 6 rings (SSSR count). The number of carbonyl (C=O) groups is 1. The lowest BCUT2D eigenvalue weighted by Crippen LogP contribution is -2.38. The van der Waals surface area contributed by atoms with E-state index in [9.17, 15) is 9.18 Å². The van der Waals surface area contributed by atoms with E-state index in [1.165, 1.54) is 28.9 Å². The molecule has 2 N–H and O–H groups in total. The number of hydrogen-bond donors (Lipinski definition) is 1. The average Bonchev–Trinajstić information content (AvgIpc) is 3.46. The predicted octanol–water partition coefficient (Wildman–Crippen LogP) is 5.29. The second-order valence-electron chi connectivity index (χ2n) is 14.1. The van der Waals surface area contributed by atoms with Gasteiger partial charge in [-0.25, -0.2) is 4.39 Å². The van der Waals surface area contributed by atoms with E-state index in [0.717, 1.165) is 75.4 Å². The number of rotatable bonds is 8. The summed E-state index contributed by atoms with van der Waals surface area (Å²) in [6, 6.07) is 9.34. The van der Waals surface area contributed by atoms with Crippen molar-refractivity contribution in [2.24, 2.45) is 10.7 Å². The van der Waals surface area contributed by atoms with Crippen LogP contribution >= 0.6 is 11.6 Å². The summed E-state index contributed by atoms with van der Waals surface area (Å²) < 4.78 is 18.4. The van der Waals surface area contributed by atoms with E-state index in [0.29, 0.717) is 31.4 Å². The molecule has 0 radical (unpaired) electrons. The molecule has 3 unspecified atom stereocenters. The molecule has 0 bridgehead atoms. The molecule has 4 aliphatic heterocycles.